The van der Waals surface area contributed by atoms with Crippen LogP contribution >= 0.6 is 0 Å². The number of rotatable bonds is 3. The van der Waals surface area contributed by atoms with Crippen LogP contribution in [0.1, 0.15) is 22.0 Å². The van der Waals surface area contributed by atoms with Crippen LogP contribution in [0.4, 0.5) is 10.6 Å². The summed E-state index contributed by atoms with van der Waals surface area (Å²) in [6.45, 7) is 1.85. The van der Waals surface area contributed by atoms with E-state index in [1.807, 2.05) is 34.1 Å². The molecule has 0 unspecified atom stereocenters. The Bertz CT molecular complexity index is 929. The Morgan fingerprint density at radius 2 is 1.83 bits per heavy atom. The zero-order valence-electron chi connectivity index (χ0n) is 17.5. The lowest BCUT2D eigenvalue weighted by Gasteiger charge is -2.32. The van der Waals surface area contributed by atoms with Gasteiger partial charge >= 0.3 is 6.03 Å². The quantitative estimate of drug-likeness (QED) is 0.838. The van der Waals surface area contributed by atoms with Crippen LogP contribution in [0.15, 0.2) is 42.6 Å². The number of hydrogen-bond donors (Lipinski definition) is 1. The Morgan fingerprint density at radius 1 is 1.10 bits per heavy atom. The van der Waals surface area contributed by atoms with Gasteiger partial charge in [0.1, 0.15) is 11.6 Å². The molecule has 2 aromatic rings. The number of pyridine rings is 1. The molecule has 1 aromatic carbocycles. The molecule has 3 heterocycles. The average molecular weight is 409 g/mol. The van der Waals surface area contributed by atoms with Crippen molar-refractivity contribution < 1.29 is 14.3 Å². The highest BCUT2D eigenvalue weighted by Gasteiger charge is 2.50. The number of amides is 3. The summed E-state index contributed by atoms with van der Waals surface area (Å²) in [5.74, 6) is 1.52. The Labute approximate surface area is 176 Å². The predicted octanol–water partition coefficient (Wildman–Crippen LogP) is 2.10. The van der Waals surface area contributed by atoms with Gasteiger partial charge in [-0.05, 0) is 29.8 Å². The van der Waals surface area contributed by atoms with Crippen molar-refractivity contribution >= 4 is 17.8 Å². The summed E-state index contributed by atoms with van der Waals surface area (Å²) < 4.78 is 5.28. The minimum Gasteiger partial charge on any atom is -0.497 e. The van der Waals surface area contributed by atoms with Crippen molar-refractivity contribution in [3.8, 4) is 5.75 Å². The number of nitrogen functional groups attached to an aromatic ring is 1. The van der Waals surface area contributed by atoms with E-state index in [1.54, 1.807) is 38.2 Å². The molecule has 8 nitrogen and oxygen atoms in total. The highest BCUT2D eigenvalue weighted by Crippen LogP contribution is 2.45. The lowest BCUT2D eigenvalue weighted by atomic mass is 9.89. The summed E-state index contributed by atoms with van der Waals surface area (Å²) in [5, 5.41) is 0. The number of nitrogens with two attached hydrogens (primary N) is 1. The number of methoxy groups -OCH3 is 1. The maximum Gasteiger partial charge on any atom is 0.320 e. The summed E-state index contributed by atoms with van der Waals surface area (Å²) in [4.78, 5) is 35.3. The number of likely N-dealkylation sites (tertiary alicyclic amines) is 2. The second-order valence-electron chi connectivity index (χ2n) is 8.15. The molecule has 2 N–H and O–H groups in total. The largest absolute Gasteiger partial charge is 0.497 e. The number of carbonyl (C=O) groups is 2. The van der Waals surface area contributed by atoms with Gasteiger partial charge in [-0.3, -0.25) is 4.79 Å². The SMILES string of the molecule is COc1ccc([C@H]2[C@@H]3CN(C(=O)c4ccc(N)nc4)C[C@@H]3CN2C(=O)N(C)C)cc1. The molecule has 8 heteroatoms. The van der Waals surface area contributed by atoms with E-state index >= 15 is 0 Å². The monoisotopic (exact) mass is 409 g/mol. The van der Waals surface area contributed by atoms with Crippen LogP contribution in [0, 0.1) is 11.8 Å². The number of benzene rings is 1. The number of anilines is 1. The molecule has 0 bridgehead atoms. The normalized spacial score (nSPS) is 22.7. The number of nitrogens with zero attached hydrogens (tertiary/aromatic N) is 4. The highest BCUT2D eigenvalue weighted by atomic mass is 16.5. The van der Waals surface area contributed by atoms with Crippen LogP contribution in [-0.4, -0.2) is 72.5 Å². The van der Waals surface area contributed by atoms with Crippen LogP contribution in [0.5, 0.6) is 5.75 Å². The summed E-state index contributed by atoms with van der Waals surface area (Å²) in [5.41, 5.74) is 7.23. The van der Waals surface area contributed by atoms with Gasteiger partial charge in [-0.25, -0.2) is 9.78 Å². The number of aromatic nitrogens is 1. The second kappa shape index (κ2) is 7.85. The topological polar surface area (TPSA) is 92.0 Å². The number of hydrogen-bond acceptors (Lipinski definition) is 5. The zero-order valence-corrected chi connectivity index (χ0v) is 17.5. The molecule has 1 aromatic heterocycles. The van der Waals surface area contributed by atoms with Gasteiger partial charge in [-0.2, -0.15) is 0 Å². The third-order valence-corrected chi connectivity index (χ3v) is 6.07. The molecular formula is C22H27N5O3. The molecule has 2 aliphatic rings. The molecule has 2 fully saturated rings. The zero-order chi connectivity index (χ0) is 21.4. The molecule has 30 heavy (non-hydrogen) atoms. The van der Waals surface area contributed by atoms with E-state index in [2.05, 4.69) is 4.98 Å². The van der Waals surface area contributed by atoms with E-state index in [-0.39, 0.29) is 29.8 Å². The Morgan fingerprint density at radius 3 is 2.43 bits per heavy atom. The van der Waals surface area contributed by atoms with Crippen molar-refractivity contribution in [1.82, 2.24) is 19.7 Å². The minimum absolute atomic E-state index is 0.00849. The van der Waals surface area contributed by atoms with Crippen molar-refractivity contribution in [3.63, 3.8) is 0 Å². The van der Waals surface area contributed by atoms with Gasteiger partial charge < -0.3 is 25.2 Å². The molecule has 2 aliphatic heterocycles. The van der Waals surface area contributed by atoms with Crippen molar-refractivity contribution in [2.24, 2.45) is 11.8 Å². The van der Waals surface area contributed by atoms with E-state index in [0.29, 0.717) is 31.0 Å². The maximum absolute atomic E-state index is 13.0. The number of carbonyl (C=O) groups excluding carboxylic acids is 2. The Kier molecular flexibility index (Phi) is 5.24. The lowest BCUT2D eigenvalue weighted by Crippen LogP contribution is -2.42. The Balaban J connectivity index is 1.59. The molecule has 3 amide bonds. The van der Waals surface area contributed by atoms with E-state index in [1.165, 1.54) is 6.20 Å². The standard InChI is InChI=1S/C22H27N5O3/c1-25(2)22(29)27-12-16-11-26(21(28)15-6-9-19(23)24-10-15)13-18(16)20(27)14-4-7-17(30-3)8-5-14/h4-10,16,18,20H,11-13H2,1-3H3,(H2,23,24)/t16-,18-,20+/m1/s1. The number of fused-ring (bicyclic) bond motifs is 1. The first-order chi connectivity index (χ1) is 14.4. The number of ether oxygens (including phenoxy) is 1. The summed E-state index contributed by atoms with van der Waals surface area (Å²) in [6, 6.07) is 11.1. The fraction of sp³-hybridized carbons (Fsp3) is 0.409. The summed E-state index contributed by atoms with van der Waals surface area (Å²) in [6.07, 6.45) is 1.52. The van der Waals surface area contributed by atoms with E-state index < -0.39 is 0 Å². The van der Waals surface area contributed by atoms with Crippen LogP contribution in [0.25, 0.3) is 0 Å². The molecule has 0 saturated carbocycles. The number of urea groups is 1. The first-order valence-corrected chi connectivity index (χ1v) is 10.0. The van der Waals surface area contributed by atoms with E-state index in [9.17, 15) is 9.59 Å². The fourth-order valence-electron chi connectivity index (χ4n) is 4.61. The fourth-order valence-corrected chi connectivity index (χ4v) is 4.61. The smallest absolute Gasteiger partial charge is 0.320 e. The average Bonchev–Trinajstić information content (AvgIpc) is 3.31. The third-order valence-electron chi connectivity index (χ3n) is 6.07. The van der Waals surface area contributed by atoms with Gasteiger partial charge in [0.05, 0.1) is 18.7 Å². The molecule has 0 aliphatic carbocycles. The molecule has 4 rings (SSSR count). The van der Waals surface area contributed by atoms with Crippen molar-refractivity contribution in [2.45, 2.75) is 6.04 Å². The first kappa shape index (κ1) is 20.0. The second-order valence-corrected chi connectivity index (χ2v) is 8.15. The van der Waals surface area contributed by atoms with Crippen molar-refractivity contribution in [3.05, 3.63) is 53.7 Å². The predicted molar refractivity (Wildman–Crippen MR) is 113 cm³/mol. The molecular weight excluding hydrogens is 382 g/mol. The van der Waals surface area contributed by atoms with E-state index in [4.69, 9.17) is 10.5 Å². The Hall–Kier alpha value is -3.29. The molecule has 3 atom stereocenters. The van der Waals surface area contributed by atoms with Crippen LogP contribution in [-0.2, 0) is 0 Å². The van der Waals surface area contributed by atoms with Gasteiger partial charge in [0.2, 0.25) is 0 Å². The van der Waals surface area contributed by atoms with E-state index in [0.717, 1.165) is 11.3 Å². The van der Waals surface area contributed by atoms with Gasteiger partial charge in [0.25, 0.3) is 5.91 Å². The van der Waals surface area contributed by atoms with Gasteiger partial charge in [0.15, 0.2) is 0 Å². The van der Waals surface area contributed by atoms with Gasteiger partial charge in [0, 0.05) is 51.8 Å². The van der Waals surface area contributed by atoms with Crippen LogP contribution < -0.4 is 10.5 Å². The molecule has 2 saturated heterocycles. The summed E-state index contributed by atoms with van der Waals surface area (Å²) >= 11 is 0. The van der Waals surface area contributed by atoms with Crippen molar-refractivity contribution in [1.29, 1.82) is 0 Å². The molecule has 0 spiro atoms. The highest BCUT2D eigenvalue weighted by molar-refractivity contribution is 5.94. The third kappa shape index (κ3) is 3.53. The van der Waals surface area contributed by atoms with Crippen LogP contribution in [0.3, 0.4) is 0 Å². The maximum atomic E-state index is 13.0. The summed E-state index contributed by atoms with van der Waals surface area (Å²) in [7, 11) is 5.17. The minimum atomic E-state index is -0.0850. The van der Waals surface area contributed by atoms with Crippen LogP contribution in [0.2, 0.25) is 0 Å². The molecule has 0 radical (unpaired) electrons. The lowest BCUT2D eigenvalue weighted by molar-refractivity contribution is 0.0766. The van der Waals surface area contributed by atoms with Gasteiger partial charge in [-0.1, -0.05) is 12.1 Å². The molecule has 158 valence electrons. The first-order valence-electron chi connectivity index (χ1n) is 10.0. The van der Waals surface area contributed by atoms with Crippen molar-refractivity contribution in [2.75, 3.05) is 46.6 Å². The van der Waals surface area contributed by atoms with Gasteiger partial charge in [-0.15, -0.1) is 0 Å².